The van der Waals surface area contributed by atoms with Gasteiger partial charge in [0.15, 0.2) is 11.3 Å². The largest absolute Gasteiger partial charge is 0.452 e. The number of nitrogens with one attached hydrogen (secondary N) is 1. The molecule has 1 heterocycles. The predicted octanol–water partition coefficient (Wildman–Crippen LogP) is 1.90. The molecule has 96 valence electrons. The highest BCUT2D eigenvalue weighted by Crippen LogP contribution is 2.14. The molecule has 0 aliphatic heterocycles. The van der Waals surface area contributed by atoms with Crippen molar-refractivity contribution in [2.24, 2.45) is 0 Å². The van der Waals surface area contributed by atoms with E-state index in [9.17, 15) is 9.59 Å². The van der Waals surface area contributed by atoms with Crippen LogP contribution in [0.1, 0.15) is 5.76 Å². The van der Waals surface area contributed by atoms with Crippen LogP contribution in [0, 0.1) is 0 Å². The van der Waals surface area contributed by atoms with E-state index >= 15 is 0 Å². The summed E-state index contributed by atoms with van der Waals surface area (Å²) < 4.78 is 10.4. The summed E-state index contributed by atoms with van der Waals surface area (Å²) in [5.74, 6) is -0.483. The first-order valence-corrected chi connectivity index (χ1v) is 5.89. The van der Waals surface area contributed by atoms with E-state index in [1.807, 2.05) is 0 Å². The van der Waals surface area contributed by atoms with Gasteiger partial charge < -0.3 is 14.5 Å². The first kappa shape index (κ1) is 14.2. The Kier molecular flexibility index (Phi) is 5.93. The van der Waals surface area contributed by atoms with E-state index in [0.717, 1.165) is 0 Å². The number of furan rings is 1. The van der Waals surface area contributed by atoms with Crippen LogP contribution in [0.5, 0.6) is 0 Å². The van der Waals surface area contributed by atoms with Crippen LogP contribution in [0.2, 0.25) is 0 Å². The summed E-state index contributed by atoms with van der Waals surface area (Å²) in [5, 5.41) is 2.48. The monoisotopic (exact) mass is 313 g/mol. The van der Waals surface area contributed by atoms with E-state index in [1.54, 1.807) is 12.1 Å². The van der Waals surface area contributed by atoms with E-state index in [1.165, 1.54) is 18.2 Å². The highest BCUT2D eigenvalue weighted by atomic mass is 79.9. The fourth-order valence-corrected chi connectivity index (χ4v) is 1.31. The Morgan fingerprint density at radius 2 is 2.28 bits per heavy atom. The van der Waals surface area contributed by atoms with E-state index in [4.69, 9.17) is 9.15 Å². The second kappa shape index (κ2) is 7.50. The number of halogens is 1. The molecule has 1 rings (SSSR count). The van der Waals surface area contributed by atoms with Crippen LogP contribution in [0.4, 0.5) is 0 Å². The van der Waals surface area contributed by atoms with Crippen molar-refractivity contribution in [3.63, 3.8) is 0 Å². The minimum atomic E-state index is -0.615. The van der Waals surface area contributed by atoms with Crippen LogP contribution in [0.3, 0.4) is 0 Å². The smallest absolute Gasteiger partial charge is 0.331 e. The number of hydrogen-bond acceptors (Lipinski definition) is 4. The van der Waals surface area contributed by atoms with Gasteiger partial charge in [0.05, 0.1) is 0 Å². The van der Waals surface area contributed by atoms with Crippen molar-refractivity contribution < 1.29 is 18.7 Å². The van der Waals surface area contributed by atoms with Crippen molar-refractivity contribution in [2.75, 3.05) is 13.2 Å². The molecule has 0 aliphatic rings. The maximum absolute atomic E-state index is 11.2. The molecule has 18 heavy (non-hydrogen) atoms. The highest BCUT2D eigenvalue weighted by Gasteiger charge is 2.03. The molecule has 0 unspecified atom stereocenters. The number of amides is 1. The van der Waals surface area contributed by atoms with E-state index in [0.29, 0.717) is 17.0 Å². The van der Waals surface area contributed by atoms with Crippen LogP contribution < -0.4 is 5.32 Å². The normalized spacial score (nSPS) is 10.3. The quantitative estimate of drug-likeness (QED) is 0.495. The summed E-state index contributed by atoms with van der Waals surface area (Å²) >= 11 is 3.14. The molecule has 0 saturated carbocycles. The van der Waals surface area contributed by atoms with Gasteiger partial charge in [0.2, 0.25) is 0 Å². The van der Waals surface area contributed by atoms with Crippen molar-refractivity contribution in [1.82, 2.24) is 5.32 Å². The number of rotatable bonds is 6. The molecule has 1 N–H and O–H groups in total. The summed E-state index contributed by atoms with van der Waals surface area (Å²) in [7, 11) is 0. The number of hydrogen-bond donors (Lipinski definition) is 1. The Morgan fingerprint density at radius 3 is 2.89 bits per heavy atom. The van der Waals surface area contributed by atoms with Crippen LogP contribution in [0.15, 0.2) is 40.0 Å². The van der Waals surface area contributed by atoms with Crippen molar-refractivity contribution in [2.45, 2.75) is 0 Å². The molecular formula is C12H12BrNO4. The lowest BCUT2D eigenvalue weighted by atomic mass is 10.4. The zero-order chi connectivity index (χ0) is 13.4. The lowest BCUT2D eigenvalue weighted by molar-refractivity contribution is -0.143. The van der Waals surface area contributed by atoms with Gasteiger partial charge >= 0.3 is 5.97 Å². The number of carbonyl (C=O) groups excluding carboxylic acids is 2. The SMILES string of the molecule is C=CCNC(=O)COC(=O)C=Cc1ccc(Br)o1. The molecule has 0 aromatic carbocycles. The first-order valence-electron chi connectivity index (χ1n) is 5.09. The minimum absolute atomic E-state index is 0.321. The maximum atomic E-state index is 11.2. The molecule has 0 aliphatic carbocycles. The molecule has 0 fully saturated rings. The molecular weight excluding hydrogens is 302 g/mol. The third-order valence-corrected chi connectivity index (χ3v) is 2.19. The Labute approximate surface area is 113 Å². The van der Waals surface area contributed by atoms with Crippen LogP contribution >= 0.6 is 15.9 Å². The second-order valence-electron chi connectivity index (χ2n) is 3.18. The lowest BCUT2D eigenvalue weighted by Crippen LogP contribution is -2.28. The fourth-order valence-electron chi connectivity index (χ4n) is 0.990. The first-order chi connectivity index (χ1) is 8.61. The van der Waals surface area contributed by atoms with Gasteiger partial charge in [0.25, 0.3) is 5.91 Å². The topological polar surface area (TPSA) is 68.5 Å². The maximum Gasteiger partial charge on any atom is 0.331 e. The van der Waals surface area contributed by atoms with E-state index in [-0.39, 0.29) is 12.5 Å². The highest BCUT2D eigenvalue weighted by molar-refractivity contribution is 9.10. The molecule has 0 saturated heterocycles. The van der Waals surface area contributed by atoms with Crippen molar-refractivity contribution in [3.05, 3.63) is 41.3 Å². The Morgan fingerprint density at radius 1 is 1.50 bits per heavy atom. The molecule has 1 amide bonds. The predicted molar refractivity (Wildman–Crippen MR) is 69.6 cm³/mol. The van der Waals surface area contributed by atoms with Crippen LogP contribution in [0.25, 0.3) is 6.08 Å². The zero-order valence-corrected chi connectivity index (χ0v) is 11.1. The average molecular weight is 314 g/mol. The Hall–Kier alpha value is -1.82. The molecule has 6 heteroatoms. The Bertz CT molecular complexity index is 464. The van der Waals surface area contributed by atoms with Gasteiger partial charge in [0, 0.05) is 12.6 Å². The van der Waals surface area contributed by atoms with Crippen LogP contribution in [-0.2, 0) is 14.3 Å². The van der Waals surface area contributed by atoms with Gasteiger partial charge in [-0.2, -0.15) is 0 Å². The molecule has 0 bridgehead atoms. The summed E-state index contributed by atoms with van der Waals surface area (Å²) in [6.07, 6.45) is 4.18. The van der Waals surface area contributed by atoms with Gasteiger partial charge in [-0.1, -0.05) is 6.08 Å². The third-order valence-electron chi connectivity index (χ3n) is 1.77. The van der Waals surface area contributed by atoms with Gasteiger partial charge in [0.1, 0.15) is 5.76 Å². The molecule has 0 spiro atoms. The standard InChI is InChI=1S/C12H12BrNO4/c1-2-7-14-11(15)8-17-12(16)6-4-9-3-5-10(13)18-9/h2-6H,1,7-8H2,(H,14,15). The fraction of sp³-hybridized carbons (Fsp3) is 0.167. The van der Waals surface area contributed by atoms with Crippen LogP contribution in [-0.4, -0.2) is 25.0 Å². The van der Waals surface area contributed by atoms with Gasteiger partial charge in [-0.15, -0.1) is 6.58 Å². The van der Waals surface area contributed by atoms with E-state index in [2.05, 4.69) is 27.8 Å². The minimum Gasteiger partial charge on any atom is -0.452 e. The summed E-state index contributed by atoms with van der Waals surface area (Å²) in [5.41, 5.74) is 0. The van der Waals surface area contributed by atoms with E-state index < -0.39 is 5.97 Å². The number of carbonyl (C=O) groups is 2. The molecule has 1 aromatic heterocycles. The lowest BCUT2D eigenvalue weighted by Gasteiger charge is -2.01. The second-order valence-corrected chi connectivity index (χ2v) is 3.96. The number of ether oxygens (including phenoxy) is 1. The molecule has 1 aromatic rings. The average Bonchev–Trinajstić information content (AvgIpc) is 2.77. The third kappa shape index (κ3) is 5.49. The van der Waals surface area contributed by atoms with Crippen molar-refractivity contribution in [3.8, 4) is 0 Å². The van der Waals surface area contributed by atoms with Crippen molar-refractivity contribution >= 4 is 33.9 Å². The molecule has 5 nitrogen and oxygen atoms in total. The summed E-state index contributed by atoms with van der Waals surface area (Å²) in [4.78, 5) is 22.3. The zero-order valence-electron chi connectivity index (χ0n) is 9.52. The van der Waals surface area contributed by atoms with Crippen molar-refractivity contribution in [1.29, 1.82) is 0 Å². The molecule has 0 atom stereocenters. The Balaban J connectivity index is 2.31. The number of esters is 1. The van der Waals surface area contributed by atoms with Gasteiger partial charge in [-0.3, -0.25) is 4.79 Å². The van der Waals surface area contributed by atoms with Gasteiger partial charge in [-0.05, 0) is 34.1 Å². The summed E-state index contributed by atoms with van der Waals surface area (Å²) in [6.45, 7) is 3.46. The molecule has 0 radical (unpaired) electrons. The van der Waals surface area contributed by atoms with Gasteiger partial charge in [-0.25, -0.2) is 4.79 Å². The summed E-state index contributed by atoms with van der Waals surface area (Å²) in [6, 6.07) is 3.39.